The number of nitrogens with zero attached hydrogens (tertiary/aromatic N) is 3. The summed E-state index contributed by atoms with van der Waals surface area (Å²) in [5.74, 6) is 1.03. The summed E-state index contributed by atoms with van der Waals surface area (Å²) in [7, 11) is 1.60. The van der Waals surface area contributed by atoms with Crippen LogP contribution in [0.3, 0.4) is 0 Å². The van der Waals surface area contributed by atoms with Crippen molar-refractivity contribution in [1.29, 1.82) is 0 Å². The van der Waals surface area contributed by atoms with Gasteiger partial charge in [-0.3, -0.25) is 4.84 Å². The number of fused-ring (bicyclic) bond motifs is 1. The van der Waals surface area contributed by atoms with E-state index in [1.165, 1.54) is 17.9 Å². The lowest BCUT2D eigenvalue weighted by Crippen LogP contribution is -2.45. The topological polar surface area (TPSA) is 103 Å². The monoisotopic (exact) mass is 464 g/mol. The fourth-order valence-corrected chi connectivity index (χ4v) is 4.76. The van der Waals surface area contributed by atoms with Gasteiger partial charge in [0.15, 0.2) is 6.04 Å². The number of oxime groups is 1. The minimum Gasteiger partial charge on any atom is -0.496 e. The standard InChI is InChI=1S/C25H28N4O5/c1-16(28-11-5-6-12-28)13-17-9-10-21(31-2)19(14-17)23(29-24(26)27-33-25(30)34-29)22-15-18-7-3-4-8-20(18)32-22/h3-4,7-10,14-16,23H,5-6,11-13H2,1-2H3,(H2,26,27). The molecule has 9 nitrogen and oxygen atoms in total. The predicted octanol–water partition coefficient (Wildman–Crippen LogP) is 4.17. The van der Waals surface area contributed by atoms with Gasteiger partial charge in [-0.05, 0) is 74.3 Å². The van der Waals surface area contributed by atoms with Crippen molar-refractivity contribution in [1.82, 2.24) is 9.96 Å². The summed E-state index contributed by atoms with van der Waals surface area (Å²) in [6, 6.07) is 15.3. The first kappa shape index (κ1) is 22.1. The molecule has 0 saturated carbocycles. The van der Waals surface area contributed by atoms with Crippen molar-refractivity contribution < 1.29 is 23.6 Å². The number of methoxy groups -OCH3 is 1. The number of hydroxylamine groups is 2. The quantitative estimate of drug-likeness (QED) is 0.520. The molecular formula is C25H28N4O5. The van der Waals surface area contributed by atoms with Crippen LogP contribution in [0.5, 0.6) is 5.75 Å². The Kier molecular flexibility index (Phi) is 6.02. The number of hydrogen-bond acceptors (Lipinski definition) is 9. The maximum Gasteiger partial charge on any atom is 0.560 e. The number of hydrogen-bond donors (Lipinski definition) is 1. The molecule has 5 rings (SSSR count). The summed E-state index contributed by atoms with van der Waals surface area (Å²) in [5, 5.41) is 5.77. The Hall–Kier alpha value is -3.72. The Morgan fingerprint density at radius 1 is 1.15 bits per heavy atom. The van der Waals surface area contributed by atoms with Gasteiger partial charge in [0.25, 0.3) is 5.96 Å². The second kappa shape index (κ2) is 9.26. The molecule has 3 aromatic rings. The number of guanidine groups is 1. The third-order valence-electron chi connectivity index (χ3n) is 6.44. The number of nitrogens with two attached hydrogens (primary N) is 1. The smallest absolute Gasteiger partial charge is 0.496 e. The van der Waals surface area contributed by atoms with Gasteiger partial charge >= 0.3 is 6.16 Å². The normalized spacial score (nSPS) is 18.4. The molecule has 0 spiro atoms. The molecule has 178 valence electrons. The van der Waals surface area contributed by atoms with Crippen molar-refractivity contribution >= 4 is 23.1 Å². The van der Waals surface area contributed by atoms with E-state index in [0.29, 0.717) is 23.1 Å². The summed E-state index contributed by atoms with van der Waals surface area (Å²) < 4.78 is 11.9. The van der Waals surface area contributed by atoms with Crippen LogP contribution in [0.1, 0.15) is 42.7 Å². The lowest BCUT2D eigenvalue weighted by atomic mass is 9.97. The Bertz CT molecular complexity index is 1180. The second-order valence-corrected chi connectivity index (χ2v) is 8.67. The first-order valence-corrected chi connectivity index (χ1v) is 11.4. The maximum absolute atomic E-state index is 12.0. The van der Waals surface area contributed by atoms with Gasteiger partial charge in [0, 0.05) is 17.0 Å². The van der Waals surface area contributed by atoms with Crippen LogP contribution < -0.4 is 10.5 Å². The molecule has 2 N–H and O–H groups in total. The molecule has 0 aliphatic carbocycles. The summed E-state index contributed by atoms with van der Waals surface area (Å²) in [5.41, 5.74) is 8.66. The van der Waals surface area contributed by atoms with E-state index in [4.69, 9.17) is 19.7 Å². The number of benzene rings is 2. The average Bonchev–Trinajstić information content (AvgIpc) is 3.52. The minimum absolute atomic E-state index is 0.108. The van der Waals surface area contributed by atoms with Crippen molar-refractivity contribution in [2.24, 2.45) is 10.9 Å². The zero-order chi connectivity index (χ0) is 23.7. The number of ether oxygens (including phenoxy) is 1. The van der Waals surface area contributed by atoms with Gasteiger partial charge in [-0.25, -0.2) is 0 Å². The molecule has 0 amide bonds. The van der Waals surface area contributed by atoms with Crippen LogP contribution in [0.25, 0.3) is 11.0 Å². The number of carbonyl (C=O) groups excluding carboxylic acids is 1. The predicted molar refractivity (Wildman–Crippen MR) is 126 cm³/mol. The van der Waals surface area contributed by atoms with Crippen LogP contribution in [0, 0.1) is 0 Å². The van der Waals surface area contributed by atoms with Gasteiger partial charge in [-0.15, -0.1) is 0 Å². The molecule has 2 aromatic carbocycles. The molecule has 2 aliphatic rings. The molecule has 9 heteroatoms. The molecule has 2 atom stereocenters. The molecule has 0 bridgehead atoms. The Balaban J connectivity index is 1.59. The van der Waals surface area contributed by atoms with Gasteiger partial charge < -0.3 is 24.6 Å². The summed E-state index contributed by atoms with van der Waals surface area (Å²) in [6.45, 7) is 4.51. The number of carbonyl (C=O) groups is 1. The van der Waals surface area contributed by atoms with Crippen molar-refractivity contribution in [2.75, 3.05) is 20.2 Å². The van der Waals surface area contributed by atoms with Gasteiger partial charge in [-0.1, -0.05) is 24.3 Å². The van der Waals surface area contributed by atoms with Crippen molar-refractivity contribution in [3.05, 3.63) is 65.4 Å². The van der Waals surface area contributed by atoms with Crippen LogP contribution in [0.2, 0.25) is 0 Å². The summed E-state index contributed by atoms with van der Waals surface area (Å²) in [6.07, 6.45) is 2.38. The van der Waals surface area contributed by atoms with Gasteiger partial charge in [0.1, 0.15) is 17.1 Å². The molecule has 1 aromatic heterocycles. The number of furan rings is 1. The Morgan fingerprint density at radius 3 is 2.71 bits per heavy atom. The van der Waals surface area contributed by atoms with E-state index in [2.05, 4.69) is 33.9 Å². The highest BCUT2D eigenvalue weighted by Crippen LogP contribution is 2.39. The van der Waals surface area contributed by atoms with Gasteiger partial charge in [-0.2, -0.15) is 9.86 Å². The van der Waals surface area contributed by atoms with E-state index in [0.717, 1.165) is 36.0 Å². The van der Waals surface area contributed by atoms with Crippen LogP contribution in [-0.2, 0) is 16.1 Å². The highest BCUT2D eigenvalue weighted by molar-refractivity contribution is 5.82. The molecule has 34 heavy (non-hydrogen) atoms. The molecule has 2 unspecified atom stereocenters. The average molecular weight is 465 g/mol. The van der Waals surface area contributed by atoms with E-state index >= 15 is 0 Å². The van der Waals surface area contributed by atoms with Crippen LogP contribution in [0.4, 0.5) is 4.79 Å². The minimum atomic E-state index is -0.979. The number of likely N-dealkylation sites (tertiary alicyclic amines) is 1. The van der Waals surface area contributed by atoms with Crippen molar-refractivity contribution in [3.8, 4) is 5.75 Å². The lowest BCUT2D eigenvalue weighted by Gasteiger charge is -2.31. The van der Waals surface area contributed by atoms with Crippen molar-refractivity contribution in [2.45, 2.75) is 38.3 Å². The lowest BCUT2D eigenvalue weighted by molar-refractivity contribution is -0.116. The third-order valence-corrected chi connectivity index (χ3v) is 6.44. The van der Waals surface area contributed by atoms with E-state index in [-0.39, 0.29) is 5.96 Å². The molecule has 2 aliphatic heterocycles. The molecule has 3 heterocycles. The Morgan fingerprint density at radius 2 is 1.94 bits per heavy atom. The second-order valence-electron chi connectivity index (χ2n) is 8.67. The van der Waals surface area contributed by atoms with Crippen LogP contribution in [-0.4, -0.2) is 48.3 Å². The van der Waals surface area contributed by atoms with Crippen molar-refractivity contribution in [3.63, 3.8) is 0 Å². The largest absolute Gasteiger partial charge is 0.560 e. The zero-order valence-corrected chi connectivity index (χ0v) is 19.3. The summed E-state index contributed by atoms with van der Waals surface area (Å²) >= 11 is 0. The Labute approximate surface area is 197 Å². The summed E-state index contributed by atoms with van der Waals surface area (Å²) in [4.78, 5) is 24.4. The highest BCUT2D eigenvalue weighted by atomic mass is 16.9. The molecule has 0 radical (unpaired) electrons. The third kappa shape index (κ3) is 4.26. The SMILES string of the molecule is COc1ccc(CC(C)N2CCCC2)cc1C(c1cc2ccccc2o1)N1OC(=O)ON=C1N. The fraction of sp³-hybridized carbons (Fsp3) is 0.360. The first-order valence-electron chi connectivity index (χ1n) is 11.4. The zero-order valence-electron chi connectivity index (χ0n) is 19.3. The first-order chi connectivity index (χ1) is 16.5. The highest BCUT2D eigenvalue weighted by Gasteiger charge is 2.36. The molecular weight excluding hydrogens is 436 g/mol. The van der Waals surface area contributed by atoms with E-state index in [1.54, 1.807) is 7.11 Å². The number of rotatable bonds is 7. The fourth-order valence-electron chi connectivity index (χ4n) is 4.76. The molecule has 1 saturated heterocycles. The van der Waals surface area contributed by atoms with E-state index in [1.807, 2.05) is 36.4 Å². The van der Waals surface area contributed by atoms with Crippen LogP contribution in [0.15, 0.2) is 58.1 Å². The van der Waals surface area contributed by atoms with E-state index < -0.39 is 12.2 Å². The van der Waals surface area contributed by atoms with Gasteiger partial charge in [0.2, 0.25) is 0 Å². The number of para-hydroxylation sites is 1. The molecule has 1 fully saturated rings. The maximum atomic E-state index is 12.0. The van der Waals surface area contributed by atoms with Gasteiger partial charge in [0.05, 0.1) is 7.11 Å². The van der Waals surface area contributed by atoms with Crippen LogP contribution >= 0.6 is 0 Å². The van der Waals surface area contributed by atoms with E-state index in [9.17, 15) is 4.79 Å².